The van der Waals surface area contributed by atoms with Gasteiger partial charge < -0.3 is 15.5 Å². The molecule has 0 fully saturated rings. The first kappa shape index (κ1) is 18.6. The fourth-order valence-corrected chi connectivity index (χ4v) is 3.18. The van der Waals surface area contributed by atoms with E-state index >= 15 is 0 Å². The fourth-order valence-electron chi connectivity index (χ4n) is 3.18. The molecule has 2 aromatic carbocycles. The monoisotopic (exact) mass is 368 g/mol. The number of fused-ring (bicyclic) bond motifs is 1. The summed E-state index contributed by atoms with van der Waals surface area (Å²) in [6.07, 6.45) is 0. The van der Waals surface area contributed by atoms with Gasteiger partial charge in [0.2, 0.25) is 0 Å². The highest BCUT2D eigenvalue weighted by molar-refractivity contribution is 5.93. The molecule has 0 unspecified atom stereocenters. The number of anilines is 1. The van der Waals surface area contributed by atoms with E-state index < -0.39 is 17.3 Å². The molecule has 3 N–H and O–H groups in total. The van der Waals surface area contributed by atoms with E-state index in [-0.39, 0.29) is 5.56 Å². The number of rotatable bonds is 5. The zero-order valence-corrected chi connectivity index (χ0v) is 15.4. The molecule has 0 aliphatic carbocycles. The maximum atomic E-state index is 13.9. The second-order valence-electron chi connectivity index (χ2n) is 6.86. The molecule has 6 heteroatoms. The SMILES string of the molecule is Cc1cc2oc(=O)cc(CNc3ccc(C(N)=O)c(F)c3)c2cc1C(C)C. The van der Waals surface area contributed by atoms with Gasteiger partial charge in [-0.05, 0) is 59.9 Å². The maximum Gasteiger partial charge on any atom is 0.336 e. The topological polar surface area (TPSA) is 85.3 Å². The van der Waals surface area contributed by atoms with Gasteiger partial charge in [-0.25, -0.2) is 9.18 Å². The summed E-state index contributed by atoms with van der Waals surface area (Å²) in [5, 5.41) is 3.92. The Kier molecular flexibility index (Phi) is 4.99. The number of aryl methyl sites for hydroxylation is 1. The third kappa shape index (κ3) is 3.84. The van der Waals surface area contributed by atoms with Gasteiger partial charge in [-0.2, -0.15) is 0 Å². The predicted molar refractivity (Wildman–Crippen MR) is 104 cm³/mol. The molecule has 0 spiro atoms. The van der Waals surface area contributed by atoms with Crippen LogP contribution in [0.2, 0.25) is 0 Å². The van der Waals surface area contributed by atoms with Crippen molar-refractivity contribution in [3.8, 4) is 0 Å². The highest BCUT2D eigenvalue weighted by Crippen LogP contribution is 2.27. The summed E-state index contributed by atoms with van der Waals surface area (Å²) < 4.78 is 19.3. The van der Waals surface area contributed by atoms with E-state index in [1.165, 1.54) is 23.8 Å². The van der Waals surface area contributed by atoms with Crippen molar-refractivity contribution in [3.63, 3.8) is 0 Å². The Morgan fingerprint density at radius 2 is 1.96 bits per heavy atom. The van der Waals surface area contributed by atoms with E-state index in [1.54, 1.807) is 6.07 Å². The van der Waals surface area contributed by atoms with Gasteiger partial charge >= 0.3 is 5.63 Å². The molecule has 0 saturated heterocycles. The second kappa shape index (κ2) is 7.23. The van der Waals surface area contributed by atoms with Crippen LogP contribution in [0.3, 0.4) is 0 Å². The molecular weight excluding hydrogens is 347 g/mol. The average molecular weight is 368 g/mol. The average Bonchev–Trinajstić information content (AvgIpc) is 2.58. The summed E-state index contributed by atoms with van der Waals surface area (Å²) >= 11 is 0. The van der Waals surface area contributed by atoms with Gasteiger partial charge in [-0.15, -0.1) is 0 Å². The highest BCUT2D eigenvalue weighted by Gasteiger charge is 2.12. The van der Waals surface area contributed by atoms with Crippen molar-refractivity contribution in [2.75, 3.05) is 5.32 Å². The molecule has 0 radical (unpaired) electrons. The van der Waals surface area contributed by atoms with Crippen LogP contribution in [0, 0.1) is 12.7 Å². The standard InChI is InChI=1S/C21H21FN2O3/c1-11(2)16-9-17-13(7-20(25)27-19(17)6-12(16)3)10-24-14-4-5-15(21(23)26)18(22)8-14/h4-9,11,24H,10H2,1-3H3,(H2,23,26). The number of hydrogen-bond donors (Lipinski definition) is 2. The first-order valence-electron chi connectivity index (χ1n) is 8.66. The molecule has 1 aromatic heterocycles. The number of benzene rings is 2. The third-order valence-electron chi connectivity index (χ3n) is 4.56. The third-order valence-corrected chi connectivity index (χ3v) is 4.56. The first-order valence-corrected chi connectivity index (χ1v) is 8.66. The van der Waals surface area contributed by atoms with Crippen molar-refractivity contribution < 1.29 is 13.6 Å². The van der Waals surface area contributed by atoms with Gasteiger partial charge in [0, 0.05) is 23.7 Å². The molecular formula is C21H21FN2O3. The van der Waals surface area contributed by atoms with Crippen LogP contribution in [0.4, 0.5) is 10.1 Å². The summed E-state index contributed by atoms with van der Waals surface area (Å²) in [6, 6.07) is 9.45. The quantitative estimate of drug-likeness (QED) is 0.665. The zero-order chi connectivity index (χ0) is 19.7. The van der Waals surface area contributed by atoms with E-state index in [2.05, 4.69) is 19.2 Å². The normalized spacial score (nSPS) is 11.1. The fraction of sp³-hybridized carbons (Fsp3) is 0.238. The van der Waals surface area contributed by atoms with Crippen molar-refractivity contribution in [1.29, 1.82) is 0 Å². The lowest BCUT2D eigenvalue weighted by atomic mass is 9.95. The predicted octanol–water partition coefficient (Wildman–Crippen LogP) is 4.07. The van der Waals surface area contributed by atoms with Gasteiger partial charge in [-0.3, -0.25) is 4.79 Å². The Morgan fingerprint density at radius 3 is 2.59 bits per heavy atom. The summed E-state index contributed by atoms with van der Waals surface area (Å²) in [6.45, 7) is 6.50. The molecule has 27 heavy (non-hydrogen) atoms. The van der Waals surface area contributed by atoms with Gasteiger partial charge in [0.25, 0.3) is 5.91 Å². The van der Waals surface area contributed by atoms with E-state index in [0.29, 0.717) is 23.7 Å². The highest BCUT2D eigenvalue weighted by atomic mass is 19.1. The largest absolute Gasteiger partial charge is 0.423 e. The lowest BCUT2D eigenvalue weighted by Gasteiger charge is -2.14. The molecule has 0 aliphatic heterocycles. The van der Waals surface area contributed by atoms with Crippen LogP contribution < -0.4 is 16.7 Å². The smallest absolute Gasteiger partial charge is 0.336 e. The Morgan fingerprint density at radius 1 is 1.22 bits per heavy atom. The molecule has 140 valence electrons. The molecule has 0 aliphatic rings. The molecule has 1 amide bonds. The van der Waals surface area contributed by atoms with Crippen LogP contribution in [0.1, 0.15) is 46.8 Å². The van der Waals surface area contributed by atoms with Crippen LogP contribution in [0.25, 0.3) is 11.0 Å². The maximum absolute atomic E-state index is 13.9. The van der Waals surface area contributed by atoms with Crippen LogP contribution >= 0.6 is 0 Å². The lowest BCUT2D eigenvalue weighted by molar-refractivity contribution is 0.0996. The molecule has 0 saturated carbocycles. The Balaban J connectivity index is 1.97. The van der Waals surface area contributed by atoms with Gasteiger partial charge in [-0.1, -0.05) is 13.8 Å². The minimum absolute atomic E-state index is 0.164. The summed E-state index contributed by atoms with van der Waals surface area (Å²) in [4.78, 5) is 23.0. The van der Waals surface area contributed by atoms with Crippen LogP contribution in [0.5, 0.6) is 0 Å². The molecule has 3 aromatic rings. The van der Waals surface area contributed by atoms with Crippen LogP contribution in [-0.2, 0) is 6.54 Å². The Hall–Kier alpha value is -3.15. The zero-order valence-electron chi connectivity index (χ0n) is 15.4. The van der Waals surface area contributed by atoms with Gasteiger partial charge in [0.05, 0.1) is 5.56 Å². The summed E-state index contributed by atoms with van der Waals surface area (Å²) in [7, 11) is 0. The molecule has 0 bridgehead atoms. The number of amides is 1. The number of nitrogens with one attached hydrogen (secondary N) is 1. The number of carbonyl (C=O) groups excluding carboxylic acids is 1. The van der Waals surface area contributed by atoms with E-state index in [4.69, 9.17) is 10.2 Å². The number of carbonyl (C=O) groups is 1. The second-order valence-corrected chi connectivity index (χ2v) is 6.86. The van der Waals surface area contributed by atoms with Crippen molar-refractivity contribution in [3.05, 3.63) is 74.9 Å². The minimum Gasteiger partial charge on any atom is -0.423 e. The van der Waals surface area contributed by atoms with Crippen molar-refractivity contribution >= 4 is 22.6 Å². The van der Waals surface area contributed by atoms with E-state index in [0.717, 1.165) is 16.5 Å². The minimum atomic E-state index is -0.817. The number of halogens is 1. The Bertz CT molecular complexity index is 1090. The van der Waals surface area contributed by atoms with E-state index in [1.807, 2.05) is 19.1 Å². The van der Waals surface area contributed by atoms with Crippen LogP contribution in [0.15, 0.2) is 45.6 Å². The Labute approximate surface area is 156 Å². The molecule has 1 heterocycles. The van der Waals surface area contributed by atoms with E-state index in [9.17, 15) is 14.0 Å². The van der Waals surface area contributed by atoms with Gasteiger partial charge in [0.15, 0.2) is 0 Å². The van der Waals surface area contributed by atoms with Crippen molar-refractivity contribution in [2.45, 2.75) is 33.2 Å². The molecule has 5 nitrogen and oxygen atoms in total. The lowest BCUT2D eigenvalue weighted by Crippen LogP contribution is -2.13. The number of primary amides is 1. The van der Waals surface area contributed by atoms with Gasteiger partial charge in [0.1, 0.15) is 11.4 Å². The summed E-state index contributed by atoms with van der Waals surface area (Å²) in [5.74, 6) is -1.18. The van der Waals surface area contributed by atoms with Crippen LogP contribution in [-0.4, -0.2) is 5.91 Å². The molecule has 0 atom stereocenters. The van der Waals surface area contributed by atoms with Crippen molar-refractivity contribution in [2.24, 2.45) is 5.73 Å². The number of hydrogen-bond acceptors (Lipinski definition) is 4. The first-order chi connectivity index (χ1) is 12.8. The van der Waals surface area contributed by atoms with Crippen molar-refractivity contribution in [1.82, 2.24) is 0 Å². The number of nitrogens with two attached hydrogens (primary N) is 1. The molecule has 3 rings (SSSR count). The summed E-state index contributed by atoms with van der Waals surface area (Å²) in [5.41, 5.74) is 8.51.